The van der Waals surface area contributed by atoms with Gasteiger partial charge in [0.1, 0.15) is 18.1 Å². The van der Waals surface area contributed by atoms with Crippen LogP contribution < -0.4 is 0 Å². The van der Waals surface area contributed by atoms with Crippen molar-refractivity contribution >= 4 is 17.3 Å². The highest BCUT2D eigenvalue weighted by Gasteiger charge is 2.04. The molecule has 1 heterocycles. The quantitative estimate of drug-likeness (QED) is 0.484. The van der Waals surface area contributed by atoms with Gasteiger partial charge in [0.05, 0.1) is 5.56 Å². The van der Waals surface area contributed by atoms with Crippen LogP contribution in [0.3, 0.4) is 0 Å². The lowest BCUT2D eigenvalue weighted by atomic mass is 10.1. The molecule has 90 valence electrons. The Balaban J connectivity index is 2.06. The van der Waals surface area contributed by atoms with Crippen LogP contribution in [-0.4, -0.2) is 6.29 Å². The molecule has 2 nitrogen and oxygen atoms in total. The maximum absolute atomic E-state index is 10.8. The molecule has 0 amide bonds. The Bertz CT molecular complexity index is 786. The van der Waals surface area contributed by atoms with Gasteiger partial charge < -0.3 is 4.42 Å². The molecule has 0 N–H and O–H groups in total. The van der Waals surface area contributed by atoms with Crippen LogP contribution in [0, 0.1) is 11.8 Å². The monoisotopic (exact) mass is 246 g/mol. The van der Waals surface area contributed by atoms with E-state index in [1.54, 1.807) is 24.5 Å². The molecule has 0 spiro atoms. The predicted molar refractivity (Wildman–Crippen MR) is 74.0 cm³/mol. The first kappa shape index (κ1) is 11.3. The first-order valence-electron chi connectivity index (χ1n) is 5.90. The van der Waals surface area contributed by atoms with E-state index < -0.39 is 0 Å². The Morgan fingerprint density at radius 2 is 1.84 bits per heavy atom. The number of benzene rings is 2. The van der Waals surface area contributed by atoms with E-state index in [-0.39, 0.29) is 0 Å². The van der Waals surface area contributed by atoms with Gasteiger partial charge in [-0.3, -0.25) is 4.79 Å². The van der Waals surface area contributed by atoms with Crippen LogP contribution >= 0.6 is 0 Å². The molecule has 0 radical (unpaired) electrons. The highest BCUT2D eigenvalue weighted by molar-refractivity contribution is 5.90. The molecule has 0 fully saturated rings. The summed E-state index contributed by atoms with van der Waals surface area (Å²) in [5, 5.41) is 0.869. The van der Waals surface area contributed by atoms with Crippen LogP contribution in [-0.2, 0) is 0 Å². The fourth-order valence-electron chi connectivity index (χ4n) is 1.88. The minimum Gasteiger partial charge on any atom is -0.463 e. The fraction of sp³-hybridized carbons (Fsp3) is 0. The third-order valence-corrected chi connectivity index (χ3v) is 2.85. The normalized spacial score (nSPS) is 9.89. The number of aldehydes is 1. The van der Waals surface area contributed by atoms with Crippen LogP contribution in [0.2, 0.25) is 0 Å². The summed E-state index contributed by atoms with van der Waals surface area (Å²) in [6.07, 6.45) is 2.44. The zero-order valence-corrected chi connectivity index (χ0v) is 10.1. The molecule has 1 aromatic heterocycles. The maximum atomic E-state index is 10.8. The molecule has 19 heavy (non-hydrogen) atoms. The van der Waals surface area contributed by atoms with Crippen molar-refractivity contribution < 1.29 is 9.21 Å². The van der Waals surface area contributed by atoms with Crippen molar-refractivity contribution in [1.82, 2.24) is 0 Å². The van der Waals surface area contributed by atoms with Gasteiger partial charge in [-0.1, -0.05) is 30.0 Å². The first-order valence-corrected chi connectivity index (χ1v) is 5.90. The Kier molecular flexibility index (Phi) is 2.88. The Morgan fingerprint density at radius 1 is 1.00 bits per heavy atom. The third kappa shape index (κ3) is 2.27. The van der Waals surface area contributed by atoms with E-state index in [4.69, 9.17) is 4.42 Å². The minimum absolute atomic E-state index is 0.622. The van der Waals surface area contributed by atoms with E-state index in [1.165, 1.54) is 0 Å². The Hall–Kier alpha value is -2.79. The van der Waals surface area contributed by atoms with E-state index in [2.05, 4.69) is 11.8 Å². The Morgan fingerprint density at radius 3 is 2.63 bits per heavy atom. The van der Waals surface area contributed by atoms with Crippen molar-refractivity contribution in [1.29, 1.82) is 0 Å². The van der Waals surface area contributed by atoms with Crippen LogP contribution in [0.1, 0.15) is 21.5 Å². The second kappa shape index (κ2) is 4.83. The van der Waals surface area contributed by atoms with E-state index in [1.807, 2.05) is 30.3 Å². The van der Waals surface area contributed by atoms with Crippen LogP contribution in [0.15, 0.2) is 59.2 Å². The molecule has 0 aliphatic heterocycles. The summed E-state index contributed by atoms with van der Waals surface area (Å²) in [6.45, 7) is 0. The molecule has 0 aliphatic carbocycles. The number of hydrogen-bond acceptors (Lipinski definition) is 2. The molecule has 0 saturated heterocycles. The summed E-state index contributed by atoms with van der Waals surface area (Å²) >= 11 is 0. The van der Waals surface area contributed by atoms with Gasteiger partial charge in [0.15, 0.2) is 0 Å². The van der Waals surface area contributed by atoms with Gasteiger partial charge in [-0.2, -0.15) is 0 Å². The van der Waals surface area contributed by atoms with Crippen molar-refractivity contribution in [3.05, 3.63) is 71.5 Å². The predicted octanol–water partition coefficient (Wildman–Crippen LogP) is 3.65. The lowest BCUT2D eigenvalue weighted by molar-refractivity contribution is 0.112. The zero-order chi connectivity index (χ0) is 13.1. The fourth-order valence-corrected chi connectivity index (χ4v) is 1.88. The highest BCUT2D eigenvalue weighted by atomic mass is 16.3. The van der Waals surface area contributed by atoms with Crippen molar-refractivity contribution in [3.8, 4) is 11.8 Å². The molecule has 3 rings (SSSR count). The molecule has 3 aromatic rings. The summed E-state index contributed by atoms with van der Waals surface area (Å²) < 4.78 is 5.42. The standard InChI is InChI=1S/C17H10O2/c18-11-14-7-9-17-16(10-14)15(12-19-17)8-6-13-4-2-1-3-5-13/h1-5,7,9-12H. The molecular weight excluding hydrogens is 236 g/mol. The number of furan rings is 1. The maximum Gasteiger partial charge on any atom is 0.150 e. The second-order valence-corrected chi connectivity index (χ2v) is 4.14. The van der Waals surface area contributed by atoms with Crippen molar-refractivity contribution in [2.75, 3.05) is 0 Å². The first-order chi connectivity index (χ1) is 9.36. The number of carbonyl (C=O) groups excluding carboxylic acids is 1. The topological polar surface area (TPSA) is 30.2 Å². The lowest BCUT2D eigenvalue weighted by Crippen LogP contribution is -1.79. The van der Waals surface area contributed by atoms with E-state index in [0.29, 0.717) is 5.56 Å². The average Bonchev–Trinajstić information content (AvgIpc) is 2.88. The number of carbonyl (C=O) groups is 1. The van der Waals surface area contributed by atoms with Crippen molar-refractivity contribution in [2.45, 2.75) is 0 Å². The lowest BCUT2D eigenvalue weighted by Gasteiger charge is -1.91. The molecule has 0 unspecified atom stereocenters. The summed E-state index contributed by atoms with van der Waals surface area (Å²) in [5.41, 5.74) is 3.10. The number of hydrogen-bond donors (Lipinski definition) is 0. The molecule has 0 bridgehead atoms. The summed E-state index contributed by atoms with van der Waals surface area (Å²) in [4.78, 5) is 10.8. The van der Waals surface area contributed by atoms with Gasteiger partial charge in [-0.15, -0.1) is 0 Å². The largest absolute Gasteiger partial charge is 0.463 e. The van der Waals surface area contributed by atoms with E-state index in [0.717, 1.165) is 28.4 Å². The highest BCUT2D eigenvalue weighted by Crippen LogP contribution is 2.21. The van der Waals surface area contributed by atoms with Crippen molar-refractivity contribution in [3.63, 3.8) is 0 Å². The molecule has 0 atom stereocenters. The van der Waals surface area contributed by atoms with E-state index >= 15 is 0 Å². The molecular formula is C17H10O2. The van der Waals surface area contributed by atoms with E-state index in [9.17, 15) is 4.79 Å². The molecule has 0 saturated carbocycles. The van der Waals surface area contributed by atoms with Gasteiger partial charge in [0, 0.05) is 16.5 Å². The van der Waals surface area contributed by atoms with Crippen LogP contribution in [0.25, 0.3) is 11.0 Å². The summed E-state index contributed by atoms with van der Waals surface area (Å²) in [5.74, 6) is 6.15. The zero-order valence-electron chi connectivity index (χ0n) is 10.1. The van der Waals surface area contributed by atoms with Gasteiger partial charge in [-0.05, 0) is 30.3 Å². The minimum atomic E-state index is 0.622. The SMILES string of the molecule is O=Cc1ccc2occ(C#Cc3ccccc3)c2c1. The Labute approximate surface area is 110 Å². The van der Waals surface area contributed by atoms with Gasteiger partial charge >= 0.3 is 0 Å². The second-order valence-electron chi connectivity index (χ2n) is 4.14. The van der Waals surface area contributed by atoms with Crippen LogP contribution in [0.5, 0.6) is 0 Å². The number of fused-ring (bicyclic) bond motifs is 1. The summed E-state index contributed by atoms with van der Waals surface area (Å²) in [6, 6.07) is 15.1. The van der Waals surface area contributed by atoms with Crippen LogP contribution in [0.4, 0.5) is 0 Å². The van der Waals surface area contributed by atoms with Gasteiger partial charge in [-0.25, -0.2) is 0 Å². The smallest absolute Gasteiger partial charge is 0.150 e. The molecule has 2 aromatic carbocycles. The molecule has 2 heteroatoms. The van der Waals surface area contributed by atoms with Crippen molar-refractivity contribution in [2.24, 2.45) is 0 Å². The van der Waals surface area contributed by atoms with Gasteiger partial charge in [0.25, 0.3) is 0 Å². The molecule has 0 aliphatic rings. The average molecular weight is 246 g/mol. The van der Waals surface area contributed by atoms with Gasteiger partial charge in [0.2, 0.25) is 0 Å². The third-order valence-electron chi connectivity index (χ3n) is 2.85. The number of rotatable bonds is 1. The summed E-state index contributed by atoms with van der Waals surface area (Å²) in [7, 11) is 0.